The summed E-state index contributed by atoms with van der Waals surface area (Å²) in [6.45, 7) is 4.64. The minimum Gasteiger partial charge on any atom is -0.368 e. The molecule has 0 atom stereocenters. The molecule has 3 aromatic rings. The fourth-order valence-electron chi connectivity index (χ4n) is 3.46. The summed E-state index contributed by atoms with van der Waals surface area (Å²) in [4.78, 5) is 32.9. The van der Waals surface area contributed by atoms with Gasteiger partial charge in [0, 0.05) is 65.6 Å². The van der Waals surface area contributed by atoms with Crippen molar-refractivity contribution >= 4 is 40.4 Å². The molecule has 0 aliphatic carbocycles. The molecule has 9 heteroatoms. The average Bonchev–Trinajstić information content (AvgIpc) is 3.23. The average molecular weight is 455 g/mol. The maximum atomic E-state index is 12.9. The summed E-state index contributed by atoms with van der Waals surface area (Å²) in [6.07, 6.45) is 0. The van der Waals surface area contributed by atoms with Crippen LogP contribution >= 0.6 is 23.1 Å². The van der Waals surface area contributed by atoms with Gasteiger partial charge in [-0.05, 0) is 43.3 Å². The van der Waals surface area contributed by atoms with E-state index in [-0.39, 0.29) is 11.6 Å². The van der Waals surface area contributed by atoms with Crippen LogP contribution in [-0.2, 0) is 5.75 Å². The number of aromatic nitrogens is 1. The van der Waals surface area contributed by atoms with E-state index in [1.54, 1.807) is 35.2 Å². The Hall–Kier alpha value is -2.91. The van der Waals surface area contributed by atoms with Gasteiger partial charge >= 0.3 is 0 Å². The van der Waals surface area contributed by atoms with E-state index in [2.05, 4.69) is 15.3 Å². The van der Waals surface area contributed by atoms with E-state index in [1.165, 1.54) is 12.1 Å². The molecule has 160 valence electrons. The molecule has 1 amide bonds. The van der Waals surface area contributed by atoms with Crippen molar-refractivity contribution in [2.75, 3.05) is 31.1 Å². The summed E-state index contributed by atoms with van der Waals surface area (Å²) in [6, 6.07) is 14.3. The van der Waals surface area contributed by atoms with Crippen LogP contribution in [0, 0.1) is 17.0 Å². The molecule has 31 heavy (non-hydrogen) atoms. The monoisotopic (exact) mass is 454 g/mol. The number of nitrogens with zero attached hydrogens (tertiary/aromatic N) is 4. The number of thioether (sulfide) groups is 1. The van der Waals surface area contributed by atoms with Gasteiger partial charge in [0.25, 0.3) is 11.6 Å². The molecule has 1 aromatic heterocycles. The van der Waals surface area contributed by atoms with Crippen molar-refractivity contribution in [3.05, 3.63) is 80.3 Å². The standard InChI is InChI=1S/C22H22N4O3S2/c1-16-23-18(14-30-16)15-31-21-8-2-17(3-9-21)22(27)25-12-10-24(11-13-25)19-4-6-20(7-5-19)26(28)29/h2-9,14H,10-13,15H2,1H3. The number of thiazole rings is 1. The minimum atomic E-state index is -0.399. The van der Waals surface area contributed by atoms with Crippen molar-refractivity contribution in [3.63, 3.8) is 0 Å². The highest BCUT2D eigenvalue weighted by Crippen LogP contribution is 2.25. The van der Waals surface area contributed by atoms with Gasteiger partial charge < -0.3 is 9.80 Å². The van der Waals surface area contributed by atoms with Gasteiger partial charge in [0.1, 0.15) is 0 Å². The van der Waals surface area contributed by atoms with Gasteiger partial charge in [0.05, 0.1) is 15.6 Å². The van der Waals surface area contributed by atoms with E-state index in [9.17, 15) is 14.9 Å². The summed E-state index contributed by atoms with van der Waals surface area (Å²) < 4.78 is 0. The second kappa shape index (κ2) is 9.49. The fraction of sp³-hybridized carbons (Fsp3) is 0.273. The Kier molecular flexibility index (Phi) is 6.53. The second-order valence-electron chi connectivity index (χ2n) is 7.22. The highest BCUT2D eigenvalue weighted by atomic mass is 32.2. The molecule has 2 aromatic carbocycles. The lowest BCUT2D eigenvalue weighted by Gasteiger charge is -2.36. The highest BCUT2D eigenvalue weighted by Gasteiger charge is 2.22. The molecular formula is C22H22N4O3S2. The SMILES string of the molecule is Cc1nc(CSc2ccc(C(=O)N3CCN(c4ccc([N+](=O)[O-])cc4)CC3)cc2)cs1. The Morgan fingerprint density at radius 2 is 1.77 bits per heavy atom. The molecule has 1 aliphatic heterocycles. The summed E-state index contributed by atoms with van der Waals surface area (Å²) in [5.74, 6) is 0.859. The first-order valence-electron chi connectivity index (χ1n) is 9.92. The first kappa shape index (κ1) is 21.3. The maximum Gasteiger partial charge on any atom is 0.269 e. The number of benzene rings is 2. The first-order valence-corrected chi connectivity index (χ1v) is 11.8. The maximum absolute atomic E-state index is 12.9. The third kappa shape index (κ3) is 5.23. The molecule has 0 N–H and O–H groups in total. The Morgan fingerprint density at radius 1 is 1.10 bits per heavy atom. The van der Waals surface area contributed by atoms with Crippen molar-refractivity contribution in [1.82, 2.24) is 9.88 Å². The highest BCUT2D eigenvalue weighted by molar-refractivity contribution is 7.98. The van der Waals surface area contributed by atoms with Crippen molar-refractivity contribution in [2.24, 2.45) is 0 Å². The van der Waals surface area contributed by atoms with Gasteiger partial charge in [-0.2, -0.15) is 0 Å². The number of rotatable bonds is 6. The van der Waals surface area contributed by atoms with E-state index >= 15 is 0 Å². The molecule has 4 rings (SSSR count). The molecule has 1 saturated heterocycles. The zero-order chi connectivity index (χ0) is 21.8. The molecule has 0 radical (unpaired) electrons. The molecule has 7 nitrogen and oxygen atoms in total. The van der Waals surface area contributed by atoms with Gasteiger partial charge in [-0.15, -0.1) is 23.1 Å². The number of carbonyl (C=O) groups is 1. The fourth-order valence-corrected chi connectivity index (χ4v) is 4.97. The van der Waals surface area contributed by atoms with E-state index in [0.29, 0.717) is 31.7 Å². The lowest BCUT2D eigenvalue weighted by atomic mass is 10.1. The lowest BCUT2D eigenvalue weighted by Crippen LogP contribution is -2.48. The Bertz CT molecular complexity index is 1060. The smallest absolute Gasteiger partial charge is 0.269 e. The molecule has 0 spiro atoms. The molecule has 0 unspecified atom stereocenters. The third-order valence-electron chi connectivity index (χ3n) is 5.15. The quantitative estimate of drug-likeness (QED) is 0.307. The summed E-state index contributed by atoms with van der Waals surface area (Å²) >= 11 is 3.37. The van der Waals surface area contributed by atoms with Crippen molar-refractivity contribution in [2.45, 2.75) is 17.6 Å². The van der Waals surface area contributed by atoms with Crippen LogP contribution < -0.4 is 4.90 Å². The van der Waals surface area contributed by atoms with E-state index in [1.807, 2.05) is 36.1 Å². The van der Waals surface area contributed by atoms with E-state index in [0.717, 1.165) is 27.0 Å². The van der Waals surface area contributed by atoms with Crippen LogP contribution in [0.1, 0.15) is 21.1 Å². The minimum absolute atomic E-state index is 0.0371. The van der Waals surface area contributed by atoms with Gasteiger partial charge in [0.15, 0.2) is 0 Å². The molecule has 0 bridgehead atoms. The van der Waals surface area contributed by atoms with Gasteiger partial charge in [-0.3, -0.25) is 14.9 Å². The van der Waals surface area contributed by atoms with E-state index in [4.69, 9.17) is 0 Å². The second-order valence-corrected chi connectivity index (χ2v) is 9.33. The molecule has 1 aliphatic rings. The van der Waals surface area contributed by atoms with Crippen LogP contribution in [0.15, 0.2) is 58.8 Å². The van der Waals surface area contributed by atoms with Crippen LogP contribution in [-0.4, -0.2) is 46.9 Å². The Morgan fingerprint density at radius 3 is 2.35 bits per heavy atom. The van der Waals surface area contributed by atoms with Crippen molar-refractivity contribution < 1.29 is 9.72 Å². The number of nitro groups is 1. The number of anilines is 1. The number of piperazine rings is 1. The summed E-state index contributed by atoms with van der Waals surface area (Å²) in [5.41, 5.74) is 2.80. The Labute approximate surface area is 188 Å². The number of aryl methyl sites for hydroxylation is 1. The number of hydrogen-bond donors (Lipinski definition) is 0. The molecule has 1 fully saturated rings. The molecule has 0 saturated carbocycles. The van der Waals surface area contributed by atoms with Crippen LogP contribution in [0.2, 0.25) is 0 Å². The molecular weight excluding hydrogens is 432 g/mol. The van der Waals surface area contributed by atoms with Crippen LogP contribution in [0.3, 0.4) is 0 Å². The third-order valence-corrected chi connectivity index (χ3v) is 7.02. The first-order chi connectivity index (χ1) is 15.0. The van der Waals surface area contributed by atoms with Crippen molar-refractivity contribution in [3.8, 4) is 0 Å². The van der Waals surface area contributed by atoms with Gasteiger partial charge in [-0.1, -0.05) is 0 Å². The number of non-ortho nitro benzene ring substituents is 1. The number of hydrogen-bond acceptors (Lipinski definition) is 7. The predicted octanol–water partition coefficient (Wildman–Crippen LogP) is 4.61. The van der Waals surface area contributed by atoms with Crippen LogP contribution in [0.4, 0.5) is 11.4 Å². The summed E-state index contributed by atoms with van der Waals surface area (Å²) in [5, 5.41) is 14.0. The van der Waals surface area contributed by atoms with E-state index < -0.39 is 4.92 Å². The van der Waals surface area contributed by atoms with Gasteiger partial charge in [-0.25, -0.2) is 4.98 Å². The van der Waals surface area contributed by atoms with Gasteiger partial charge in [0.2, 0.25) is 0 Å². The largest absolute Gasteiger partial charge is 0.368 e. The zero-order valence-corrected chi connectivity index (χ0v) is 18.7. The lowest BCUT2D eigenvalue weighted by molar-refractivity contribution is -0.384. The predicted molar refractivity (Wildman–Crippen MR) is 124 cm³/mol. The molecule has 2 heterocycles. The Balaban J connectivity index is 1.30. The zero-order valence-electron chi connectivity index (χ0n) is 17.1. The van der Waals surface area contributed by atoms with Crippen LogP contribution in [0.25, 0.3) is 0 Å². The topological polar surface area (TPSA) is 79.6 Å². The number of nitro benzene ring substituents is 1. The number of amides is 1. The number of carbonyl (C=O) groups excluding carboxylic acids is 1. The summed E-state index contributed by atoms with van der Waals surface area (Å²) in [7, 11) is 0. The van der Waals surface area contributed by atoms with Crippen LogP contribution in [0.5, 0.6) is 0 Å². The van der Waals surface area contributed by atoms with Crippen molar-refractivity contribution in [1.29, 1.82) is 0 Å². The normalized spacial score (nSPS) is 14.0.